The first kappa shape index (κ1) is 19.3. The number of nitrogens with one attached hydrogen (secondary N) is 2. The monoisotopic (exact) mass is 424 g/mol. The van der Waals surface area contributed by atoms with Gasteiger partial charge in [-0.25, -0.2) is 8.42 Å². The highest BCUT2D eigenvalue weighted by atomic mass is 35.5. The van der Waals surface area contributed by atoms with Crippen molar-refractivity contribution >= 4 is 50.5 Å². The Morgan fingerprint density at radius 1 is 1.04 bits per heavy atom. The van der Waals surface area contributed by atoms with E-state index >= 15 is 0 Å². The predicted molar refractivity (Wildman–Crippen MR) is 105 cm³/mol. The fourth-order valence-corrected chi connectivity index (χ4v) is 3.65. The molecule has 0 aliphatic rings. The largest absolute Gasteiger partial charge is 0.459 e. The summed E-state index contributed by atoms with van der Waals surface area (Å²) >= 11 is 12.1. The van der Waals surface area contributed by atoms with Gasteiger partial charge in [-0.15, -0.1) is 0 Å². The van der Waals surface area contributed by atoms with Crippen LogP contribution in [-0.2, 0) is 10.0 Å². The lowest BCUT2D eigenvalue weighted by Gasteiger charge is -2.12. The number of carbonyl (C=O) groups excluding carboxylic acids is 1. The molecule has 0 spiro atoms. The van der Waals surface area contributed by atoms with Gasteiger partial charge in [0, 0.05) is 5.02 Å². The van der Waals surface area contributed by atoms with E-state index in [9.17, 15) is 13.2 Å². The van der Waals surface area contributed by atoms with Gasteiger partial charge >= 0.3 is 0 Å². The number of hydrogen-bond acceptors (Lipinski definition) is 4. The van der Waals surface area contributed by atoms with Crippen LogP contribution in [0.25, 0.3) is 0 Å². The van der Waals surface area contributed by atoms with Crippen molar-refractivity contribution in [1.29, 1.82) is 0 Å². The highest BCUT2D eigenvalue weighted by molar-refractivity contribution is 7.92. The van der Waals surface area contributed by atoms with Gasteiger partial charge in [-0.3, -0.25) is 9.52 Å². The number of anilines is 2. The second-order valence-corrected chi connectivity index (χ2v) is 8.14. The second kappa shape index (κ2) is 7.64. The molecule has 3 rings (SSSR count). The molecule has 2 N–H and O–H groups in total. The maximum Gasteiger partial charge on any atom is 0.291 e. The van der Waals surface area contributed by atoms with E-state index in [1.165, 1.54) is 36.6 Å². The lowest BCUT2D eigenvalue weighted by atomic mass is 10.2. The van der Waals surface area contributed by atoms with E-state index in [0.29, 0.717) is 10.7 Å². The lowest BCUT2D eigenvalue weighted by molar-refractivity contribution is 0.0996. The second-order valence-electron chi connectivity index (χ2n) is 5.64. The van der Waals surface area contributed by atoms with Gasteiger partial charge in [0.2, 0.25) is 0 Å². The Hall–Kier alpha value is -2.48. The Bertz CT molecular complexity index is 1100. The summed E-state index contributed by atoms with van der Waals surface area (Å²) in [5, 5.41) is 3.16. The Morgan fingerprint density at radius 3 is 2.48 bits per heavy atom. The van der Waals surface area contributed by atoms with Gasteiger partial charge in [0.15, 0.2) is 5.76 Å². The van der Waals surface area contributed by atoms with Crippen molar-refractivity contribution in [1.82, 2.24) is 0 Å². The highest BCUT2D eigenvalue weighted by Gasteiger charge is 2.18. The van der Waals surface area contributed by atoms with Gasteiger partial charge in [-0.2, -0.15) is 0 Å². The van der Waals surface area contributed by atoms with Crippen molar-refractivity contribution in [3.8, 4) is 0 Å². The highest BCUT2D eigenvalue weighted by Crippen LogP contribution is 2.28. The molecule has 140 valence electrons. The average Bonchev–Trinajstić information content (AvgIpc) is 3.14. The van der Waals surface area contributed by atoms with Crippen molar-refractivity contribution in [3.63, 3.8) is 0 Å². The summed E-state index contributed by atoms with van der Waals surface area (Å²) < 4.78 is 32.7. The summed E-state index contributed by atoms with van der Waals surface area (Å²) in [6.07, 6.45) is 1.36. The Kier molecular flexibility index (Phi) is 5.46. The molecule has 0 atom stereocenters. The van der Waals surface area contributed by atoms with Crippen LogP contribution in [0.3, 0.4) is 0 Å². The van der Waals surface area contributed by atoms with Crippen molar-refractivity contribution in [2.24, 2.45) is 0 Å². The Labute approximate surface area is 166 Å². The summed E-state index contributed by atoms with van der Waals surface area (Å²) in [7, 11) is -3.91. The van der Waals surface area contributed by atoms with Crippen LogP contribution >= 0.6 is 23.2 Å². The van der Waals surface area contributed by atoms with Gasteiger partial charge < -0.3 is 9.73 Å². The molecule has 0 aliphatic carbocycles. The maximum absolute atomic E-state index is 12.6. The SMILES string of the molecule is Cc1ccc(NS(=O)(=O)c2ccc(Cl)c(NC(=O)c3ccco3)c2)cc1Cl. The van der Waals surface area contributed by atoms with Crippen molar-refractivity contribution in [2.45, 2.75) is 11.8 Å². The molecule has 0 aliphatic heterocycles. The van der Waals surface area contributed by atoms with E-state index in [1.54, 1.807) is 18.2 Å². The van der Waals surface area contributed by atoms with Crippen molar-refractivity contribution in [2.75, 3.05) is 10.0 Å². The molecule has 3 aromatic rings. The number of carbonyl (C=O) groups is 1. The third-order valence-corrected chi connectivity index (χ3v) is 5.78. The van der Waals surface area contributed by atoms with Crippen LogP contribution in [0.4, 0.5) is 11.4 Å². The third kappa shape index (κ3) is 4.44. The topological polar surface area (TPSA) is 88.4 Å². The standard InChI is InChI=1S/C18H14Cl2N2O4S/c1-11-4-5-12(9-15(11)20)22-27(24,25)13-6-7-14(19)16(10-13)21-18(23)17-3-2-8-26-17/h2-10,22H,1H3,(H,21,23). The molecule has 1 aromatic heterocycles. The molecule has 0 radical (unpaired) electrons. The average molecular weight is 425 g/mol. The number of halogens is 2. The first-order chi connectivity index (χ1) is 12.8. The maximum atomic E-state index is 12.6. The molecule has 27 heavy (non-hydrogen) atoms. The molecule has 0 saturated carbocycles. The third-order valence-electron chi connectivity index (χ3n) is 3.67. The molecule has 6 nitrogen and oxygen atoms in total. The number of rotatable bonds is 5. The summed E-state index contributed by atoms with van der Waals surface area (Å²) in [5.74, 6) is -0.471. The number of aryl methyl sites for hydroxylation is 1. The van der Waals surface area contributed by atoms with Crippen LogP contribution in [0.2, 0.25) is 10.0 Å². The molecule has 9 heteroatoms. The zero-order valence-corrected chi connectivity index (χ0v) is 16.3. The number of furan rings is 1. The van der Waals surface area contributed by atoms with Crippen molar-refractivity contribution < 1.29 is 17.6 Å². The fraction of sp³-hybridized carbons (Fsp3) is 0.0556. The zero-order valence-electron chi connectivity index (χ0n) is 14.0. The zero-order chi connectivity index (χ0) is 19.6. The molecule has 2 aromatic carbocycles. The van der Waals surface area contributed by atoms with E-state index in [0.717, 1.165) is 5.56 Å². The minimum Gasteiger partial charge on any atom is -0.459 e. The van der Waals surface area contributed by atoms with E-state index in [4.69, 9.17) is 27.6 Å². The molecule has 0 bridgehead atoms. The van der Waals surface area contributed by atoms with Gasteiger partial charge in [0.1, 0.15) is 0 Å². The summed E-state index contributed by atoms with van der Waals surface area (Å²) in [6.45, 7) is 1.81. The van der Waals surface area contributed by atoms with Crippen LogP contribution in [0.15, 0.2) is 64.1 Å². The normalized spacial score (nSPS) is 11.2. The summed E-state index contributed by atoms with van der Waals surface area (Å²) in [4.78, 5) is 12.0. The van der Waals surface area contributed by atoms with E-state index in [-0.39, 0.29) is 21.4 Å². The van der Waals surface area contributed by atoms with Crippen LogP contribution in [0.5, 0.6) is 0 Å². The van der Waals surface area contributed by atoms with Gasteiger partial charge in [-0.1, -0.05) is 29.3 Å². The smallest absolute Gasteiger partial charge is 0.291 e. The van der Waals surface area contributed by atoms with Crippen LogP contribution in [-0.4, -0.2) is 14.3 Å². The molecular formula is C18H14Cl2N2O4S. The first-order valence-corrected chi connectivity index (χ1v) is 9.93. The quantitative estimate of drug-likeness (QED) is 0.606. The molecular weight excluding hydrogens is 411 g/mol. The first-order valence-electron chi connectivity index (χ1n) is 7.69. The number of sulfonamides is 1. The van der Waals surface area contributed by atoms with Crippen molar-refractivity contribution in [3.05, 3.63) is 76.2 Å². The Morgan fingerprint density at radius 2 is 1.81 bits per heavy atom. The number of benzene rings is 2. The van der Waals surface area contributed by atoms with Gasteiger partial charge in [0.25, 0.3) is 15.9 Å². The molecule has 0 unspecified atom stereocenters. The van der Waals surface area contributed by atoms with E-state index in [2.05, 4.69) is 10.0 Å². The molecule has 1 amide bonds. The minimum absolute atomic E-state index is 0.0710. The van der Waals surface area contributed by atoms with Crippen LogP contribution < -0.4 is 10.0 Å². The minimum atomic E-state index is -3.91. The van der Waals surface area contributed by atoms with E-state index < -0.39 is 15.9 Å². The molecule has 0 saturated heterocycles. The number of hydrogen-bond donors (Lipinski definition) is 2. The van der Waals surface area contributed by atoms with Gasteiger partial charge in [0.05, 0.1) is 27.6 Å². The van der Waals surface area contributed by atoms with Crippen LogP contribution in [0, 0.1) is 6.92 Å². The molecule has 0 fully saturated rings. The Balaban J connectivity index is 1.87. The van der Waals surface area contributed by atoms with E-state index in [1.807, 2.05) is 6.92 Å². The molecule has 1 heterocycles. The predicted octanol–water partition coefficient (Wildman–Crippen LogP) is 4.95. The summed E-state index contributed by atoms with van der Waals surface area (Å²) in [6, 6.07) is 11.9. The van der Waals surface area contributed by atoms with Crippen LogP contribution in [0.1, 0.15) is 16.1 Å². The van der Waals surface area contributed by atoms with Gasteiger partial charge in [-0.05, 0) is 55.0 Å². The lowest BCUT2D eigenvalue weighted by Crippen LogP contribution is -2.15. The fourth-order valence-electron chi connectivity index (χ4n) is 2.23. The summed E-state index contributed by atoms with van der Waals surface area (Å²) in [5.41, 5.74) is 1.29. The number of amides is 1.